The molecular formula is C15H9NO3. The Kier molecular flexibility index (Phi) is 3.70. The second kappa shape index (κ2) is 5.61. The molecule has 0 bridgehead atoms. The Hall–Kier alpha value is -2.93. The van der Waals surface area contributed by atoms with Gasteiger partial charge in [-0.2, -0.15) is 0 Å². The summed E-state index contributed by atoms with van der Waals surface area (Å²) in [5, 5.41) is 8.34. The van der Waals surface area contributed by atoms with Crippen LogP contribution in [0.15, 0.2) is 54.6 Å². The van der Waals surface area contributed by atoms with E-state index < -0.39 is 11.6 Å². The quantitative estimate of drug-likeness (QED) is 0.476. The Bertz CT molecular complexity index is 639. The summed E-state index contributed by atoms with van der Waals surface area (Å²) < 4.78 is 4.60. The number of carbonyl (C=O) groups excluding carboxylic acids is 2. The molecule has 0 fully saturated rings. The smallest absolute Gasteiger partial charge is 0.292 e. The maximum Gasteiger partial charge on any atom is 0.292 e. The van der Waals surface area contributed by atoms with Crippen molar-refractivity contribution >= 4 is 11.6 Å². The number of nitriles is 1. The number of ketones is 2. The van der Waals surface area contributed by atoms with Crippen LogP contribution in [0.2, 0.25) is 0 Å². The van der Waals surface area contributed by atoms with Crippen molar-refractivity contribution in [1.82, 2.24) is 0 Å². The van der Waals surface area contributed by atoms with Gasteiger partial charge in [-0.25, -0.2) is 0 Å². The average Bonchev–Trinajstić information content (AvgIpc) is 2.48. The van der Waals surface area contributed by atoms with Crippen LogP contribution in [-0.4, -0.2) is 11.6 Å². The maximum absolute atomic E-state index is 12.0. The molecule has 92 valence electrons. The van der Waals surface area contributed by atoms with Gasteiger partial charge >= 0.3 is 0 Å². The molecule has 0 saturated heterocycles. The lowest BCUT2D eigenvalue weighted by Crippen LogP contribution is -2.14. The average molecular weight is 251 g/mol. The third-order valence-electron chi connectivity index (χ3n) is 2.52. The largest absolute Gasteiger partial charge is 0.388 e. The van der Waals surface area contributed by atoms with E-state index in [1.165, 1.54) is 30.5 Å². The molecule has 0 amide bonds. The number of nitrogens with zero attached hydrogens (tertiary/aromatic N) is 1. The van der Waals surface area contributed by atoms with Gasteiger partial charge in [-0.3, -0.25) is 9.59 Å². The van der Waals surface area contributed by atoms with E-state index in [2.05, 4.69) is 4.74 Å². The molecule has 2 rings (SSSR count). The number of carbonyl (C=O) groups is 2. The van der Waals surface area contributed by atoms with Crippen LogP contribution in [0.25, 0.3) is 0 Å². The number of hydrogen-bond donors (Lipinski definition) is 0. The molecular weight excluding hydrogens is 242 g/mol. The van der Waals surface area contributed by atoms with Crippen LogP contribution in [0, 0.1) is 11.5 Å². The standard InChI is InChI=1S/C15H9NO3/c16-10-19-13-8-6-12(7-9-13)15(18)14(17)11-4-2-1-3-5-11/h1-9H. The van der Waals surface area contributed by atoms with Crippen LogP contribution in [-0.2, 0) is 0 Å². The van der Waals surface area contributed by atoms with E-state index in [9.17, 15) is 9.59 Å². The SMILES string of the molecule is N#COc1ccc(C(=O)C(=O)c2ccccc2)cc1. The summed E-state index contributed by atoms with van der Waals surface area (Å²) in [6, 6.07) is 14.2. The van der Waals surface area contributed by atoms with E-state index in [0.717, 1.165) is 0 Å². The van der Waals surface area contributed by atoms with Gasteiger partial charge in [-0.1, -0.05) is 30.3 Å². The first-order chi connectivity index (χ1) is 9.22. The summed E-state index contributed by atoms with van der Waals surface area (Å²) in [6.45, 7) is 0. The molecule has 0 heterocycles. The summed E-state index contributed by atoms with van der Waals surface area (Å²) in [4.78, 5) is 23.9. The molecule has 0 atom stereocenters. The van der Waals surface area contributed by atoms with E-state index in [0.29, 0.717) is 11.3 Å². The minimum atomic E-state index is -0.588. The van der Waals surface area contributed by atoms with Gasteiger partial charge in [0.2, 0.25) is 11.6 Å². The first-order valence-corrected chi connectivity index (χ1v) is 5.52. The van der Waals surface area contributed by atoms with Gasteiger partial charge in [0.1, 0.15) is 5.75 Å². The highest BCUT2D eigenvalue weighted by molar-refractivity contribution is 6.49. The predicted molar refractivity (Wildman–Crippen MR) is 67.8 cm³/mol. The van der Waals surface area contributed by atoms with Crippen LogP contribution >= 0.6 is 0 Å². The topological polar surface area (TPSA) is 67.2 Å². The maximum atomic E-state index is 12.0. The highest BCUT2D eigenvalue weighted by Crippen LogP contribution is 2.14. The van der Waals surface area contributed by atoms with Crippen molar-refractivity contribution < 1.29 is 14.3 Å². The highest BCUT2D eigenvalue weighted by Gasteiger charge is 2.17. The molecule has 0 unspecified atom stereocenters. The fourth-order valence-corrected chi connectivity index (χ4v) is 1.58. The number of ether oxygens (including phenoxy) is 1. The molecule has 0 radical (unpaired) electrons. The van der Waals surface area contributed by atoms with Gasteiger partial charge in [-0.05, 0) is 24.3 Å². The van der Waals surface area contributed by atoms with Crippen molar-refractivity contribution in [3.8, 4) is 12.0 Å². The van der Waals surface area contributed by atoms with Crippen LogP contribution in [0.3, 0.4) is 0 Å². The molecule has 0 aliphatic carbocycles. The monoisotopic (exact) mass is 251 g/mol. The number of hydrogen-bond acceptors (Lipinski definition) is 4. The van der Waals surface area contributed by atoms with Crippen LogP contribution < -0.4 is 4.74 Å². The molecule has 0 spiro atoms. The number of benzene rings is 2. The van der Waals surface area contributed by atoms with Crippen molar-refractivity contribution in [3.63, 3.8) is 0 Å². The molecule has 0 aliphatic rings. The number of rotatable bonds is 4. The van der Waals surface area contributed by atoms with E-state index >= 15 is 0 Å². The Morgan fingerprint density at radius 3 is 1.89 bits per heavy atom. The first kappa shape index (κ1) is 12.5. The van der Waals surface area contributed by atoms with Crippen molar-refractivity contribution in [3.05, 3.63) is 65.7 Å². The van der Waals surface area contributed by atoms with E-state index in [4.69, 9.17) is 5.26 Å². The molecule has 0 aromatic heterocycles. The molecule has 0 saturated carbocycles. The lowest BCUT2D eigenvalue weighted by atomic mass is 10.0. The Morgan fingerprint density at radius 2 is 1.37 bits per heavy atom. The van der Waals surface area contributed by atoms with Crippen LogP contribution in [0.4, 0.5) is 0 Å². The lowest BCUT2D eigenvalue weighted by Gasteiger charge is -2.01. The Labute approximate surface area is 109 Å². The highest BCUT2D eigenvalue weighted by atomic mass is 16.5. The Balaban J connectivity index is 2.20. The molecule has 4 heteroatoms. The minimum absolute atomic E-state index is 0.263. The lowest BCUT2D eigenvalue weighted by molar-refractivity contribution is 0.0817. The zero-order valence-corrected chi connectivity index (χ0v) is 9.87. The van der Waals surface area contributed by atoms with Gasteiger partial charge in [0.25, 0.3) is 6.26 Å². The molecule has 0 N–H and O–H groups in total. The van der Waals surface area contributed by atoms with Crippen molar-refractivity contribution in [2.24, 2.45) is 0 Å². The Morgan fingerprint density at radius 1 is 0.842 bits per heavy atom. The van der Waals surface area contributed by atoms with Gasteiger partial charge in [0.05, 0.1) is 0 Å². The summed E-state index contributed by atoms with van der Waals surface area (Å²) in [7, 11) is 0. The van der Waals surface area contributed by atoms with Gasteiger partial charge in [-0.15, -0.1) is 5.26 Å². The summed E-state index contributed by atoms with van der Waals surface area (Å²) in [6.07, 6.45) is 1.53. The molecule has 2 aromatic rings. The zero-order valence-electron chi connectivity index (χ0n) is 9.87. The number of Topliss-reactive ketones (excluding diaryl/α,β-unsaturated/α-hetero) is 2. The van der Waals surface area contributed by atoms with Gasteiger partial charge in [0.15, 0.2) is 0 Å². The second-order valence-electron chi connectivity index (χ2n) is 3.74. The van der Waals surface area contributed by atoms with Crippen LogP contribution in [0.5, 0.6) is 5.75 Å². The second-order valence-corrected chi connectivity index (χ2v) is 3.74. The van der Waals surface area contributed by atoms with Crippen molar-refractivity contribution in [2.75, 3.05) is 0 Å². The molecule has 19 heavy (non-hydrogen) atoms. The predicted octanol–water partition coefficient (Wildman–Crippen LogP) is 2.61. The van der Waals surface area contributed by atoms with Gasteiger partial charge < -0.3 is 4.74 Å². The first-order valence-electron chi connectivity index (χ1n) is 5.52. The third-order valence-corrected chi connectivity index (χ3v) is 2.52. The summed E-state index contributed by atoms with van der Waals surface area (Å²) >= 11 is 0. The van der Waals surface area contributed by atoms with Gasteiger partial charge in [0, 0.05) is 11.1 Å². The normalized spacial score (nSPS) is 9.42. The fourth-order valence-electron chi connectivity index (χ4n) is 1.58. The van der Waals surface area contributed by atoms with Crippen molar-refractivity contribution in [2.45, 2.75) is 0 Å². The fraction of sp³-hybridized carbons (Fsp3) is 0. The van der Waals surface area contributed by atoms with Crippen LogP contribution in [0.1, 0.15) is 20.7 Å². The summed E-state index contributed by atoms with van der Waals surface area (Å²) in [5.74, 6) is -0.824. The van der Waals surface area contributed by atoms with E-state index in [1.54, 1.807) is 30.3 Å². The molecule has 2 aromatic carbocycles. The van der Waals surface area contributed by atoms with E-state index in [1.807, 2.05) is 0 Å². The van der Waals surface area contributed by atoms with E-state index in [-0.39, 0.29) is 5.56 Å². The zero-order chi connectivity index (χ0) is 13.7. The summed E-state index contributed by atoms with van der Waals surface area (Å²) in [5.41, 5.74) is 0.615. The van der Waals surface area contributed by atoms with Crippen molar-refractivity contribution in [1.29, 1.82) is 5.26 Å². The molecule has 4 nitrogen and oxygen atoms in total. The minimum Gasteiger partial charge on any atom is -0.388 e. The molecule has 0 aliphatic heterocycles. The third kappa shape index (κ3) is 2.85.